The third-order valence-corrected chi connectivity index (χ3v) is 6.09. The van der Waals surface area contributed by atoms with Gasteiger partial charge < -0.3 is 0 Å². The largest absolute Gasteiger partial charge is 0.0986 e. The van der Waals surface area contributed by atoms with Crippen LogP contribution in [0, 0.1) is 12.3 Å². The summed E-state index contributed by atoms with van der Waals surface area (Å²) in [7, 11) is 0. The van der Waals surface area contributed by atoms with Crippen molar-refractivity contribution in [2.75, 3.05) is 0 Å². The molecule has 1 aliphatic rings. The Morgan fingerprint density at radius 2 is 1.63 bits per heavy atom. The number of benzene rings is 2. The van der Waals surface area contributed by atoms with Gasteiger partial charge in [0.25, 0.3) is 0 Å². The van der Waals surface area contributed by atoms with Gasteiger partial charge in [-0.2, -0.15) is 0 Å². The smallest absolute Gasteiger partial charge is 0.0619 e. The molecule has 0 heteroatoms. The molecule has 1 aliphatic carbocycles. The Bertz CT molecular complexity index is 888. The zero-order valence-corrected chi connectivity index (χ0v) is 19.9. The van der Waals surface area contributed by atoms with Gasteiger partial charge in [-0.1, -0.05) is 114 Å². The van der Waals surface area contributed by atoms with Crippen molar-refractivity contribution < 1.29 is 0 Å². The van der Waals surface area contributed by atoms with E-state index in [0.717, 1.165) is 12.8 Å². The fraction of sp³-hybridized carbons (Fsp3) is 0.467. The molecule has 0 aromatic heterocycles. The van der Waals surface area contributed by atoms with Crippen molar-refractivity contribution in [3.63, 3.8) is 0 Å². The third kappa shape index (κ3) is 4.97. The number of fused-ring (bicyclic) bond motifs is 1. The van der Waals surface area contributed by atoms with E-state index < -0.39 is 0 Å². The van der Waals surface area contributed by atoms with E-state index in [4.69, 9.17) is 0 Å². The predicted octanol–water partition coefficient (Wildman–Crippen LogP) is 9.00. The molecule has 164 valence electrons. The van der Waals surface area contributed by atoms with Crippen LogP contribution in [0.1, 0.15) is 90.1 Å². The summed E-state index contributed by atoms with van der Waals surface area (Å²) in [6.45, 7) is 22.2. The van der Waals surface area contributed by atoms with Crippen LogP contribution in [0.4, 0.5) is 0 Å². The average molecular weight is 405 g/mol. The van der Waals surface area contributed by atoms with E-state index in [2.05, 4.69) is 96.7 Å². The quantitative estimate of drug-likeness (QED) is 0.446. The lowest BCUT2D eigenvalue weighted by Gasteiger charge is -2.42. The first-order chi connectivity index (χ1) is 13.7. The zero-order valence-electron chi connectivity index (χ0n) is 19.9. The lowest BCUT2D eigenvalue weighted by atomic mass is 9.60. The van der Waals surface area contributed by atoms with Crippen LogP contribution in [0.2, 0.25) is 0 Å². The molecule has 0 fully saturated rings. The topological polar surface area (TPSA) is 0 Å². The van der Waals surface area contributed by atoms with Gasteiger partial charge in [-0.25, -0.2) is 0 Å². The van der Waals surface area contributed by atoms with Gasteiger partial charge in [0.15, 0.2) is 0 Å². The summed E-state index contributed by atoms with van der Waals surface area (Å²) in [4.78, 5) is 0. The van der Waals surface area contributed by atoms with E-state index in [1.807, 2.05) is 13.8 Å². The van der Waals surface area contributed by atoms with E-state index in [1.54, 1.807) is 0 Å². The molecule has 0 N–H and O–H groups in total. The summed E-state index contributed by atoms with van der Waals surface area (Å²) in [5.41, 5.74) is 9.80. The third-order valence-electron chi connectivity index (χ3n) is 6.09. The first-order valence-electron chi connectivity index (χ1n) is 11.2. The van der Waals surface area contributed by atoms with Crippen molar-refractivity contribution in [2.45, 2.75) is 87.5 Å². The number of aryl methyl sites for hydroxylation is 2. The van der Waals surface area contributed by atoms with Crippen LogP contribution < -0.4 is 0 Å². The molecule has 0 heterocycles. The number of rotatable bonds is 4. The maximum Gasteiger partial charge on any atom is 0.0619 e. The monoisotopic (exact) mass is 404 g/mol. The SMILES string of the molecule is C.C=C(C)C1(c2ccccc2CCC(C)(C)C)C(C)=CCc2ccc(C)cc21.CC. The molecule has 0 saturated carbocycles. The summed E-state index contributed by atoms with van der Waals surface area (Å²) in [5, 5.41) is 0. The van der Waals surface area contributed by atoms with E-state index in [-0.39, 0.29) is 12.8 Å². The Hall–Kier alpha value is -2.08. The van der Waals surface area contributed by atoms with Crippen LogP contribution in [0.3, 0.4) is 0 Å². The highest BCUT2D eigenvalue weighted by atomic mass is 14.4. The maximum absolute atomic E-state index is 4.52. The lowest BCUT2D eigenvalue weighted by Crippen LogP contribution is -2.35. The first-order valence-corrected chi connectivity index (χ1v) is 11.2. The van der Waals surface area contributed by atoms with Gasteiger partial charge in [0.2, 0.25) is 0 Å². The molecule has 2 aromatic carbocycles. The van der Waals surface area contributed by atoms with E-state index in [9.17, 15) is 0 Å². The van der Waals surface area contributed by atoms with Gasteiger partial charge >= 0.3 is 0 Å². The van der Waals surface area contributed by atoms with E-state index in [0.29, 0.717) is 5.41 Å². The Labute approximate surface area is 187 Å². The highest BCUT2D eigenvalue weighted by Crippen LogP contribution is 2.49. The minimum atomic E-state index is -0.214. The highest BCUT2D eigenvalue weighted by Gasteiger charge is 2.41. The number of allylic oxidation sites excluding steroid dienone is 3. The summed E-state index contributed by atoms with van der Waals surface area (Å²) in [5.74, 6) is 0. The maximum atomic E-state index is 4.52. The second kappa shape index (κ2) is 10.3. The zero-order chi connectivity index (χ0) is 21.8. The molecule has 0 bridgehead atoms. The molecule has 0 amide bonds. The number of hydrogen-bond acceptors (Lipinski definition) is 0. The van der Waals surface area contributed by atoms with Crippen molar-refractivity contribution in [1.29, 1.82) is 0 Å². The molecule has 1 atom stereocenters. The van der Waals surface area contributed by atoms with Gasteiger partial charge in [0.05, 0.1) is 5.41 Å². The van der Waals surface area contributed by atoms with Gasteiger partial charge in [0, 0.05) is 0 Å². The van der Waals surface area contributed by atoms with Gasteiger partial charge in [-0.15, -0.1) is 0 Å². The second-order valence-electron chi connectivity index (χ2n) is 9.50. The van der Waals surface area contributed by atoms with Crippen LogP contribution in [0.5, 0.6) is 0 Å². The van der Waals surface area contributed by atoms with Gasteiger partial charge in [-0.05, 0) is 67.7 Å². The van der Waals surface area contributed by atoms with Crippen molar-refractivity contribution in [3.05, 3.63) is 94.1 Å². The summed E-state index contributed by atoms with van der Waals surface area (Å²) in [6.07, 6.45) is 5.70. The summed E-state index contributed by atoms with van der Waals surface area (Å²) in [6, 6.07) is 16.0. The summed E-state index contributed by atoms with van der Waals surface area (Å²) < 4.78 is 0. The van der Waals surface area contributed by atoms with Crippen LogP contribution >= 0.6 is 0 Å². The highest BCUT2D eigenvalue weighted by molar-refractivity contribution is 5.63. The fourth-order valence-electron chi connectivity index (χ4n) is 4.61. The van der Waals surface area contributed by atoms with Crippen LogP contribution in [-0.4, -0.2) is 0 Å². The molecular weight excluding hydrogens is 360 g/mol. The first kappa shape index (κ1) is 26.0. The Morgan fingerprint density at radius 1 is 1.00 bits per heavy atom. The predicted molar refractivity (Wildman–Crippen MR) is 137 cm³/mol. The van der Waals surface area contributed by atoms with Crippen molar-refractivity contribution in [1.82, 2.24) is 0 Å². The van der Waals surface area contributed by atoms with Crippen molar-refractivity contribution in [2.24, 2.45) is 5.41 Å². The van der Waals surface area contributed by atoms with E-state index in [1.165, 1.54) is 45.4 Å². The van der Waals surface area contributed by atoms with Gasteiger partial charge in [0.1, 0.15) is 0 Å². The molecule has 0 nitrogen and oxygen atoms in total. The van der Waals surface area contributed by atoms with Crippen LogP contribution in [-0.2, 0) is 18.3 Å². The molecule has 0 aliphatic heterocycles. The molecule has 3 rings (SSSR count). The van der Waals surface area contributed by atoms with E-state index >= 15 is 0 Å². The second-order valence-corrected chi connectivity index (χ2v) is 9.50. The number of hydrogen-bond donors (Lipinski definition) is 0. The Balaban J connectivity index is 0.00000146. The normalized spacial score (nSPS) is 17.7. The van der Waals surface area contributed by atoms with Crippen molar-refractivity contribution >= 4 is 0 Å². The van der Waals surface area contributed by atoms with Crippen molar-refractivity contribution in [3.8, 4) is 0 Å². The molecule has 30 heavy (non-hydrogen) atoms. The van der Waals surface area contributed by atoms with Crippen LogP contribution in [0.25, 0.3) is 0 Å². The van der Waals surface area contributed by atoms with Gasteiger partial charge in [-0.3, -0.25) is 0 Å². The molecule has 0 spiro atoms. The molecule has 0 radical (unpaired) electrons. The average Bonchev–Trinajstić information content (AvgIpc) is 2.67. The Kier molecular flexibility index (Phi) is 8.90. The minimum absolute atomic E-state index is 0. The summed E-state index contributed by atoms with van der Waals surface area (Å²) >= 11 is 0. The fourth-order valence-corrected chi connectivity index (χ4v) is 4.61. The molecular formula is C30H44. The molecule has 0 saturated heterocycles. The minimum Gasteiger partial charge on any atom is -0.0986 e. The standard InChI is InChI=1S/C27H34.C2H6.CH4/c1-19(2)27(21(4)13-15-23-14-12-20(3)18-25(23)27)24-11-9-8-10-22(24)16-17-26(5,6)7;1-2;/h8-14,18H,1,15-17H2,2-7H3;1-2H3;1H4. The molecule has 1 unspecified atom stereocenters. The van der Waals surface area contributed by atoms with Crippen LogP contribution in [0.15, 0.2) is 66.3 Å². The molecule has 2 aromatic rings. The lowest BCUT2D eigenvalue weighted by molar-refractivity contribution is 0.377. The Morgan fingerprint density at radius 3 is 2.23 bits per heavy atom.